The highest BCUT2D eigenvalue weighted by atomic mass is 32.1. The predicted octanol–water partition coefficient (Wildman–Crippen LogP) is 1.29. The molecule has 0 unspecified atom stereocenters. The second kappa shape index (κ2) is 2.70. The van der Waals surface area contributed by atoms with Crippen LogP contribution in [-0.2, 0) is 0 Å². The van der Waals surface area contributed by atoms with Gasteiger partial charge >= 0.3 is 5.97 Å². The largest absolute Gasteiger partial charge is 0.478 e. The molecule has 0 aliphatic heterocycles. The van der Waals surface area contributed by atoms with Gasteiger partial charge in [0, 0.05) is 0 Å². The van der Waals surface area contributed by atoms with E-state index in [1.54, 1.807) is 6.07 Å². The van der Waals surface area contributed by atoms with Crippen LogP contribution in [0.4, 0.5) is 0 Å². The molecule has 0 amide bonds. The number of aromatic carboxylic acids is 1. The molecule has 1 aromatic carbocycles. The van der Waals surface area contributed by atoms with Crippen LogP contribution >= 0.6 is 11.5 Å². The minimum Gasteiger partial charge on any atom is -0.478 e. The first kappa shape index (κ1) is 8.00. The van der Waals surface area contributed by atoms with Crippen molar-refractivity contribution in [1.82, 2.24) is 4.37 Å². The summed E-state index contributed by atoms with van der Waals surface area (Å²) in [5.41, 5.74) is 0.816. The Morgan fingerprint density at radius 1 is 1.46 bits per heavy atom. The van der Waals surface area contributed by atoms with Crippen LogP contribution in [0.1, 0.15) is 10.4 Å². The van der Waals surface area contributed by atoms with Gasteiger partial charge in [0.25, 0.3) is 4.74 Å². The number of aromatic nitrogens is 1. The Morgan fingerprint density at radius 2 is 2.23 bits per heavy atom. The Balaban J connectivity index is 2.80. The minimum atomic E-state index is -1.02. The lowest BCUT2D eigenvalue weighted by molar-refractivity contribution is 0.0697. The smallest absolute Gasteiger partial charge is 0.335 e. The van der Waals surface area contributed by atoms with Crippen molar-refractivity contribution in [3.05, 3.63) is 33.3 Å². The summed E-state index contributed by atoms with van der Waals surface area (Å²) >= 11 is 0.965. The summed E-state index contributed by atoms with van der Waals surface area (Å²) < 4.78 is 2.65. The van der Waals surface area contributed by atoms with Crippen molar-refractivity contribution >= 4 is 28.4 Å². The van der Waals surface area contributed by atoms with Crippen molar-refractivity contribution in [1.29, 1.82) is 0 Å². The lowest BCUT2D eigenvalue weighted by Gasteiger charge is -1.92. The van der Waals surface area contributed by atoms with Gasteiger partial charge in [0.05, 0.1) is 16.5 Å². The fourth-order valence-electron chi connectivity index (χ4n) is 1.09. The van der Waals surface area contributed by atoms with Gasteiger partial charge in [0.15, 0.2) is 0 Å². The van der Waals surface area contributed by atoms with E-state index in [-0.39, 0.29) is 10.3 Å². The van der Waals surface area contributed by atoms with Gasteiger partial charge < -0.3 is 9.48 Å². The number of carbonyl (C=O) groups is 1. The summed E-state index contributed by atoms with van der Waals surface area (Å²) in [6.07, 6.45) is 0. The molecule has 0 aliphatic rings. The highest BCUT2D eigenvalue weighted by Gasteiger charge is 2.06. The number of fused-ring (bicyclic) bond motifs is 1. The molecule has 2 rings (SSSR count). The second-order valence-corrected chi connectivity index (χ2v) is 3.34. The SMILES string of the molecule is O=C(O)c1ccc2[nH]sc(=O)c2c1. The maximum Gasteiger partial charge on any atom is 0.335 e. The summed E-state index contributed by atoms with van der Waals surface area (Å²) in [7, 11) is 0. The fraction of sp³-hybridized carbons (Fsp3) is 0. The molecule has 1 aromatic heterocycles. The normalized spacial score (nSPS) is 10.5. The van der Waals surface area contributed by atoms with Gasteiger partial charge in [-0.2, -0.15) is 0 Å². The summed E-state index contributed by atoms with van der Waals surface area (Å²) in [4.78, 5) is 21.7. The Bertz CT molecular complexity index is 525. The van der Waals surface area contributed by atoms with E-state index < -0.39 is 5.97 Å². The molecule has 5 heteroatoms. The summed E-state index contributed by atoms with van der Waals surface area (Å²) in [6.45, 7) is 0. The molecule has 0 saturated heterocycles. The molecule has 0 radical (unpaired) electrons. The minimum absolute atomic E-state index is 0.136. The van der Waals surface area contributed by atoms with Crippen LogP contribution in [-0.4, -0.2) is 15.4 Å². The molecular formula is C8H5NO3S. The van der Waals surface area contributed by atoms with Crippen molar-refractivity contribution < 1.29 is 9.90 Å². The molecule has 0 atom stereocenters. The number of carboxylic acid groups (broad SMARTS) is 1. The third kappa shape index (κ3) is 1.23. The maximum absolute atomic E-state index is 11.1. The number of aromatic amines is 1. The number of hydrogen-bond donors (Lipinski definition) is 2. The fourth-order valence-corrected chi connectivity index (χ4v) is 1.75. The average Bonchev–Trinajstić information content (AvgIpc) is 2.47. The quantitative estimate of drug-likeness (QED) is 0.720. The standard InChI is InChI=1S/C8H5NO3S/c10-7(11)4-1-2-6-5(3-4)8(12)13-9-6/h1-3,9H,(H,10,11). The van der Waals surface area contributed by atoms with E-state index in [1.165, 1.54) is 12.1 Å². The number of H-pyrrole nitrogens is 1. The summed E-state index contributed by atoms with van der Waals surface area (Å²) in [5, 5.41) is 9.10. The second-order valence-electron chi connectivity index (χ2n) is 2.56. The molecule has 2 aromatic rings. The third-order valence-corrected chi connectivity index (χ3v) is 2.47. The molecule has 0 fully saturated rings. The first-order valence-corrected chi connectivity index (χ1v) is 4.34. The van der Waals surface area contributed by atoms with E-state index in [9.17, 15) is 9.59 Å². The topological polar surface area (TPSA) is 70.2 Å². The number of carboxylic acids is 1. The van der Waals surface area contributed by atoms with Gasteiger partial charge in [-0.05, 0) is 29.7 Å². The maximum atomic E-state index is 11.1. The van der Waals surface area contributed by atoms with Crippen LogP contribution in [0.2, 0.25) is 0 Å². The lowest BCUT2D eigenvalue weighted by Crippen LogP contribution is -1.97. The number of hydrogen-bond acceptors (Lipinski definition) is 3. The first-order chi connectivity index (χ1) is 6.18. The lowest BCUT2D eigenvalue weighted by atomic mass is 10.2. The highest BCUT2D eigenvalue weighted by Crippen LogP contribution is 2.11. The Kier molecular flexibility index (Phi) is 1.66. The van der Waals surface area contributed by atoms with Crippen LogP contribution < -0.4 is 4.74 Å². The summed E-state index contributed by atoms with van der Waals surface area (Å²) in [6, 6.07) is 4.44. The Morgan fingerprint density at radius 3 is 2.92 bits per heavy atom. The highest BCUT2D eigenvalue weighted by molar-refractivity contribution is 7.04. The monoisotopic (exact) mass is 195 g/mol. The van der Waals surface area contributed by atoms with E-state index in [1.807, 2.05) is 0 Å². The van der Waals surface area contributed by atoms with Crippen LogP contribution in [0, 0.1) is 0 Å². The number of nitrogens with one attached hydrogen (secondary N) is 1. The molecule has 0 spiro atoms. The molecule has 0 bridgehead atoms. The molecule has 4 nitrogen and oxygen atoms in total. The van der Waals surface area contributed by atoms with Gasteiger partial charge in [-0.1, -0.05) is 0 Å². The molecule has 13 heavy (non-hydrogen) atoms. The number of rotatable bonds is 1. The van der Waals surface area contributed by atoms with Gasteiger partial charge in [-0.15, -0.1) is 0 Å². The van der Waals surface area contributed by atoms with E-state index in [0.29, 0.717) is 10.9 Å². The van der Waals surface area contributed by atoms with Crippen molar-refractivity contribution in [3.8, 4) is 0 Å². The zero-order valence-electron chi connectivity index (χ0n) is 6.40. The van der Waals surface area contributed by atoms with Gasteiger partial charge in [-0.25, -0.2) is 4.79 Å². The Labute approximate surface area is 76.6 Å². The van der Waals surface area contributed by atoms with Gasteiger partial charge in [0.1, 0.15) is 0 Å². The first-order valence-electron chi connectivity index (χ1n) is 3.53. The predicted molar refractivity (Wildman–Crippen MR) is 49.4 cm³/mol. The van der Waals surface area contributed by atoms with Gasteiger partial charge in [0.2, 0.25) is 0 Å². The van der Waals surface area contributed by atoms with E-state index in [0.717, 1.165) is 11.5 Å². The summed E-state index contributed by atoms with van der Waals surface area (Å²) in [5.74, 6) is -1.02. The van der Waals surface area contributed by atoms with Crippen LogP contribution in [0.25, 0.3) is 10.9 Å². The zero-order chi connectivity index (χ0) is 9.42. The van der Waals surface area contributed by atoms with E-state index in [2.05, 4.69) is 4.37 Å². The molecule has 66 valence electrons. The molecule has 0 saturated carbocycles. The van der Waals surface area contributed by atoms with Crippen molar-refractivity contribution in [2.75, 3.05) is 0 Å². The van der Waals surface area contributed by atoms with Crippen LogP contribution in [0.15, 0.2) is 23.0 Å². The van der Waals surface area contributed by atoms with E-state index >= 15 is 0 Å². The van der Waals surface area contributed by atoms with Crippen molar-refractivity contribution in [2.45, 2.75) is 0 Å². The van der Waals surface area contributed by atoms with Crippen LogP contribution in [0.3, 0.4) is 0 Å². The van der Waals surface area contributed by atoms with Crippen LogP contribution in [0.5, 0.6) is 0 Å². The third-order valence-electron chi connectivity index (χ3n) is 1.74. The van der Waals surface area contributed by atoms with E-state index in [4.69, 9.17) is 5.11 Å². The average molecular weight is 195 g/mol. The van der Waals surface area contributed by atoms with Gasteiger partial charge in [-0.3, -0.25) is 4.79 Å². The molecular weight excluding hydrogens is 190 g/mol. The zero-order valence-corrected chi connectivity index (χ0v) is 7.22. The molecule has 0 aliphatic carbocycles. The van der Waals surface area contributed by atoms with Crippen molar-refractivity contribution in [3.63, 3.8) is 0 Å². The number of benzene rings is 1. The molecule has 2 N–H and O–H groups in total. The Hall–Kier alpha value is -1.62. The molecule has 1 heterocycles. The van der Waals surface area contributed by atoms with Crippen molar-refractivity contribution in [2.24, 2.45) is 0 Å².